The van der Waals surface area contributed by atoms with E-state index in [1.807, 2.05) is 60.8 Å². The van der Waals surface area contributed by atoms with E-state index in [0.29, 0.717) is 0 Å². The second kappa shape index (κ2) is 5.85. The molecule has 4 heteroatoms. The third kappa shape index (κ3) is 2.87. The van der Waals surface area contributed by atoms with E-state index < -0.39 is 0 Å². The van der Waals surface area contributed by atoms with Gasteiger partial charge >= 0.3 is 0 Å². The SMILES string of the molecule is C(=C\c1ncc(-c2ccccc2)[nH]1)/c1cnc2ccccc2n1. The van der Waals surface area contributed by atoms with Crippen molar-refractivity contribution in [2.45, 2.75) is 0 Å². The van der Waals surface area contributed by atoms with Crippen LogP contribution in [0.2, 0.25) is 0 Å². The predicted octanol–water partition coefficient (Wildman–Crippen LogP) is 4.19. The van der Waals surface area contributed by atoms with Crippen LogP contribution >= 0.6 is 0 Å². The van der Waals surface area contributed by atoms with Gasteiger partial charge in [0.1, 0.15) is 5.82 Å². The van der Waals surface area contributed by atoms with Crippen LogP contribution in [0.4, 0.5) is 0 Å². The van der Waals surface area contributed by atoms with E-state index in [0.717, 1.165) is 33.8 Å². The lowest BCUT2D eigenvalue weighted by Crippen LogP contribution is -1.86. The molecule has 0 fully saturated rings. The number of nitrogens with zero attached hydrogens (tertiary/aromatic N) is 3. The zero-order chi connectivity index (χ0) is 15.5. The number of aromatic nitrogens is 4. The summed E-state index contributed by atoms with van der Waals surface area (Å²) < 4.78 is 0. The lowest BCUT2D eigenvalue weighted by Gasteiger charge is -1.97. The number of imidazole rings is 1. The van der Waals surface area contributed by atoms with Crippen molar-refractivity contribution in [1.82, 2.24) is 19.9 Å². The smallest absolute Gasteiger partial charge is 0.130 e. The molecule has 0 saturated carbocycles. The van der Waals surface area contributed by atoms with Crippen LogP contribution in [0.5, 0.6) is 0 Å². The molecule has 0 amide bonds. The maximum atomic E-state index is 4.56. The summed E-state index contributed by atoms with van der Waals surface area (Å²) in [7, 11) is 0. The number of para-hydroxylation sites is 2. The Morgan fingerprint density at radius 1 is 0.739 bits per heavy atom. The van der Waals surface area contributed by atoms with Crippen molar-refractivity contribution in [3.63, 3.8) is 0 Å². The maximum Gasteiger partial charge on any atom is 0.130 e. The Bertz CT molecular complexity index is 971. The molecule has 2 aromatic carbocycles. The Kier molecular flexibility index (Phi) is 3.41. The normalized spacial score (nSPS) is 11.3. The zero-order valence-corrected chi connectivity index (χ0v) is 12.3. The quantitative estimate of drug-likeness (QED) is 0.617. The molecule has 1 N–H and O–H groups in total. The Morgan fingerprint density at radius 2 is 1.52 bits per heavy atom. The van der Waals surface area contributed by atoms with Crippen LogP contribution in [-0.4, -0.2) is 19.9 Å². The summed E-state index contributed by atoms with van der Waals surface area (Å²) in [6.45, 7) is 0. The summed E-state index contributed by atoms with van der Waals surface area (Å²) in [5, 5.41) is 0. The number of rotatable bonds is 3. The van der Waals surface area contributed by atoms with Crippen molar-refractivity contribution in [1.29, 1.82) is 0 Å². The molecular formula is C19H14N4. The number of benzene rings is 2. The molecule has 0 aliphatic heterocycles. The molecule has 110 valence electrons. The number of nitrogens with one attached hydrogen (secondary N) is 1. The summed E-state index contributed by atoms with van der Waals surface area (Å²) in [4.78, 5) is 16.6. The molecule has 2 heterocycles. The van der Waals surface area contributed by atoms with Gasteiger partial charge in [-0.25, -0.2) is 9.97 Å². The highest BCUT2D eigenvalue weighted by Crippen LogP contribution is 2.17. The van der Waals surface area contributed by atoms with Crippen molar-refractivity contribution >= 4 is 23.2 Å². The van der Waals surface area contributed by atoms with Crippen molar-refractivity contribution in [2.24, 2.45) is 0 Å². The molecule has 4 rings (SSSR count). The summed E-state index contributed by atoms with van der Waals surface area (Å²) >= 11 is 0. The molecule has 0 aliphatic rings. The van der Waals surface area contributed by atoms with Gasteiger partial charge in [0.25, 0.3) is 0 Å². The fourth-order valence-electron chi connectivity index (χ4n) is 2.40. The minimum atomic E-state index is 0.791. The first-order valence-electron chi connectivity index (χ1n) is 7.39. The second-order valence-electron chi connectivity index (χ2n) is 5.17. The maximum absolute atomic E-state index is 4.56. The Hall–Kier alpha value is -3.27. The fraction of sp³-hybridized carbons (Fsp3) is 0. The monoisotopic (exact) mass is 298 g/mol. The van der Waals surface area contributed by atoms with Crippen LogP contribution in [0.3, 0.4) is 0 Å². The van der Waals surface area contributed by atoms with Gasteiger partial charge in [-0.3, -0.25) is 4.98 Å². The van der Waals surface area contributed by atoms with Crippen molar-refractivity contribution in [3.8, 4) is 11.3 Å². The summed E-state index contributed by atoms with van der Waals surface area (Å²) in [6, 6.07) is 18.0. The predicted molar refractivity (Wildman–Crippen MR) is 92.5 cm³/mol. The molecule has 0 radical (unpaired) electrons. The van der Waals surface area contributed by atoms with Gasteiger partial charge in [-0.15, -0.1) is 0 Å². The Labute approximate surface area is 133 Å². The molecule has 0 bridgehead atoms. The highest BCUT2D eigenvalue weighted by Gasteiger charge is 2.01. The molecule has 4 nitrogen and oxygen atoms in total. The largest absolute Gasteiger partial charge is 0.338 e. The molecule has 0 spiro atoms. The van der Waals surface area contributed by atoms with Crippen LogP contribution in [0.15, 0.2) is 67.0 Å². The van der Waals surface area contributed by atoms with E-state index in [9.17, 15) is 0 Å². The number of aromatic amines is 1. The minimum absolute atomic E-state index is 0.791. The number of hydrogen-bond donors (Lipinski definition) is 1. The topological polar surface area (TPSA) is 54.5 Å². The average Bonchev–Trinajstić information content (AvgIpc) is 3.10. The molecule has 2 aromatic heterocycles. The van der Waals surface area contributed by atoms with Crippen LogP contribution in [0, 0.1) is 0 Å². The molecule has 4 aromatic rings. The summed E-state index contributed by atoms with van der Waals surface area (Å²) in [5.74, 6) is 0.791. The fourth-order valence-corrected chi connectivity index (χ4v) is 2.40. The molecule has 23 heavy (non-hydrogen) atoms. The lowest BCUT2D eigenvalue weighted by molar-refractivity contribution is 1.25. The van der Waals surface area contributed by atoms with Gasteiger partial charge in [0.05, 0.1) is 34.8 Å². The Balaban J connectivity index is 1.59. The molecule has 0 atom stereocenters. The minimum Gasteiger partial charge on any atom is -0.338 e. The van der Waals surface area contributed by atoms with Gasteiger partial charge in [-0.05, 0) is 29.8 Å². The first-order valence-corrected chi connectivity index (χ1v) is 7.39. The van der Waals surface area contributed by atoms with Gasteiger partial charge in [0.2, 0.25) is 0 Å². The van der Waals surface area contributed by atoms with Crippen LogP contribution in [0.25, 0.3) is 34.4 Å². The Morgan fingerprint density at radius 3 is 2.39 bits per heavy atom. The molecular weight excluding hydrogens is 284 g/mol. The number of fused-ring (bicyclic) bond motifs is 1. The first-order chi connectivity index (χ1) is 11.4. The highest BCUT2D eigenvalue weighted by molar-refractivity contribution is 5.76. The summed E-state index contributed by atoms with van der Waals surface area (Å²) in [5.41, 5.74) is 4.70. The molecule has 0 unspecified atom stereocenters. The van der Waals surface area contributed by atoms with Crippen LogP contribution in [0.1, 0.15) is 11.5 Å². The van der Waals surface area contributed by atoms with Crippen molar-refractivity contribution in [2.75, 3.05) is 0 Å². The van der Waals surface area contributed by atoms with Crippen LogP contribution < -0.4 is 0 Å². The lowest BCUT2D eigenvalue weighted by atomic mass is 10.2. The van der Waals surface area contributed by atoms with E-state index in [2.05, 4.69) is 32.1 Å². The summed E-state index contributed by atoms with van der Waals surface area (Å²) in [6.07, 6.45) is 7.42. The van der Waals surface area contributed by atoms with E-state index in [1.54, 1.807) is 6.20 Å². The number of hydrogen-bond acceptors (Lipinski definition) is 3. The van der Waals surface area contributed by atoms with E-state index >= 15 is 0 Å². The average molecular weight is 298 g/mol. The van der Waals surface area contributed by atoms with E-state index in [1.165, 1.54) is 0 Å². The number of H-pyrrole nitrogens is 1. The van der Waals surface area contributed by atoms with Gasteiger partial charge in [-0.2, -0.15) is 0 Å². The van der Waals surface area contributed by atoms with Gasteiger partial charge < -0.3 is 4.98 Å². The molecule has 0 saturated heterocycles. The van der Waals surface area contributed by atoms with Gasteiger partial charge in [0, 0.05) is 0 Å². The van der Waals surface area contributed by atoms with Gasteiger partial charge in [0.15, 0.2) is 0 Å². The van der Waals surface area contributed by atoms with E-state index in [-0.39, 0.29) is 0 Å². The van der Waals surface area contributed by atoms with E-state index in [4.69, 9.17) is 0 Å². The first kappa shape index (κ1) is 13.4. The highest BCUT2D eigenvalue weighted by atomic mass is 14.9. The van der Waals surface area contributed by atoms with Gasteiger partial charge in [-0.1, -0.05) is 42.5 Å². The standard InChI is InChI=1S/C19H14N4/c1-2-6-14(7-3-1)18-13-21-19(23-18)11-10-15-12-20-16-8-4-5-9-17(16)22-15/h1-13H,(H,21,23)/b11-10+. The zero-order valence-electron chi connectivity index (χ0n) is 12.3. The van der Waals surface area contributed by atoms with Crippen molar-refractivity contribution < 1.29 is 0 Å². The second-order valence-corrected chi connectivity index (χ2v) is 5.17. The third-order valence-corrected chi connectivity index (χ3v) is 3.56. The third-order valence-electron chi connectivity index (χ3n) is 3.56. The molecule has 0 aliphatic carbocycles. The van der Waals surface area contributed by atoms with Crippen molar-refractivity contribution in [3.05, 3.63) is 78.5 Å². The van der Waals surface area contributed by atoms with Crippen LogP contribution in [-0.2, 0) is 0 Å².